The van der Waals surface area contributed by atoms with E-state index in [4.69, 9.17) is 10.3 Å². The van der Waals surface area contributed by atoms with E-state index in [1.54, 1.807) is 11.3 Å². The van der Waals surface area contributed by atoms with Crippen molar-refractivity contribution in [2.75, 3.05) is 13.2 Å². The van der Waals surface area contributed by atoms with Gasteiger partial charge in [0.25, 0.3) is 0 Å². The molecule has 0 aliphatic carbocycles. The summed E-state index contributed by atoms with van der Waals surface area (Å²) in [5, 5.41) is 17.5. The summed E-state index contributed by atoms with van der Waals surface area (Å²) >= 11 is 1.55. The van der Waals surface area contributed by atoms with Gasteiger partial charge in [-0.1, -0.05) is 47.6 Å². The molecule has 0 unspecified atom stereocenters. The van der Waals surface area contributed by atoms with Crippen molar-refractivity contribution in [2.24, 2.45) is 5.11 Å². The number of benzene rings is 2. The smallest absolute Gasteiger partial charge is 0.232 e. The molecule has 0 radical (unpaired) electrons. The predicted octanol–water partition coefficient (Wildman–Crippen LogP) is 6.19. The highest BCUT2D eigenvalue weighted by atomic mass is 32.1. The van der Waals surface area contributed by atoms with Crippen LogP contribution in [0, 0.1) is 11.3 Å². The molecule has 4 rings (SSSR count). The van der Waals surface area contributed by atoms with Crippen LogP contribution < -0.4 is 4.74 Å². The molecule has 0 aliphatic heterocycles. The number of nitriles is 1. The molecule has 0 N–H and O–H groups in total. The summed E-state index contributed by atoms with van der Waals surface area (Å²) in [6.45, 7) is 0.314. The van der Waals surface area contributed by atoms with Gasteiger partial charge in [0, 0.05) is 20.9 Å². The van der Waals surface area contributed by atoms with Crippen LogP contribution in [0.15, 0.2) is 71.2 Å². The zero-order chi connectivity index (χ0) is 20.1. The summed E-state index contributed by atoms with van der Waals surface area (Å²) in [4.78, 5) is 8.30. The van der Waals surface area contributed by atoms with Gasteiger partial charge in [0.2, 0.25) is 5.88 Å². The second-order valence-corrected chi connectivity index (χ2v) is 7.14. The van der Waals surface area contributed by atoms with E-state index in [0.717, 1.165) is 32.5 Å². The summed E-state index contributed by atoms with van der Waals surface area (Å²) in [5.74, 6) is 0.245. The monoisotopic (exact) mass is 397 g/mol. The third kappa shape index (κ3) is 3.90. The Bertz CT molecular complexity index is 1250. The van der Waals surface area contributed by atoms with Gasteiger partial charge in [0.15, 0.2) is 0 Å². The van der Waals surface area contributed by atoms with E-state index in [1.807, 2.05) is 41.8 Å². The molecule has 0 spiro atoms. The van der Waals surface area contributed by atoms with Crippen molar-refractivity contribution < 1.29 is 4.74 Å². The molecular formula is C22H15N5OS. The molecule has 0 bridgehead atoms. The van der Waals surface area contributed by atoms with Crippen molar-refractivity contribution in [1.82, 2.24) is 4.98 Å². The zero-order valence-corrected chi connectivity index (χ0v) is 16.1. The maximum atomic E-state index is 9.76. The van der Waals surface area contributed by atoms with E-state index >= 15 is 0 Å². The van der Waals surface area contributed by atoms with Crippen molar-refractivity contribution in [3.8, 4) is 33.6 Å². The van der Waals surface area contributed by atoms with Gasteiger partial charge >= 0.3 is 0 Å². The van der Waals surface area contributed by atoms with Crippen LogP contribution in [0.2, 0.25) is 0 Å². The van der Waals surface area contributed by atoms with Gasteiger partial charge in [0.05, 0.1) is 18.8 Å². The molecule has 2 aromatic heterocycles. The second-order valence-electron chi connectivity index (χ2n) is 6.19. The van der Waals surface area contributed by atoms with Crippen molar-refractivity contribution in [2.45, 2.75) is 0 Å². The van der Waals surface area contributed by atoms with E-state index in [0.29, 0.717) is 5.56 Å². The number of aromatic nitrogens is 1. The number of rotatable bonds is 6. The van der Waals surface area contributed by atoms with Crippen LogP contribution in [0.5, 0.6) is 5.88 Å². The molecule has 2 aromatic carbocycles. The van der Waals surface area contributed by atoms with Crippen LogP contribution in [0.3, 0.4) is 0 Å². The minimum Gasteiger partial charge on any atom is -0.477 e. The fourth-order valence-corrected chi connectivity index (χ4v) is 3.83. The number of pyridine rings is 1. The average Bonchev–Trinajstić information content (AvgIpc) is 3.30. The Kier molecular flexibility index (Phi) is 5.39. The number of azide groups is 1. The lowest BCUT2D eigenvalue weighted by molar-refractivity contribution is 0.315. The van der Waals surface area contributed by atoms with Crippen LogP contribution in [0.1, 0.15) is 5.56 Å². The first-order valence-electron chi connectivity index (χ1n) is 8.92. The van der Waals surface area contributed by atoms with Gasteiger partial charge in [-0.05, 0) is 39.9 Å². The van der Waals surface area contributed by atoms with Crippen molar-refractivity contribution in [1.29, 1.82) is 5.26 Å². The highest BCUT2D eigenvalue weighted by Gasteiger charge is 2.17. The summed E-state index contributed by atoms with van der Waals surface area (Å²) in [6.07, 6.45) is 0. The standard InChI is InChI=1S/C22H15N5OS/c23-14-19-18(21-6-3-11-29-21)13-20(26-22(19)28-10-9-25-27-24)17-8-7-15-4-1-2-5-16(15)12-17/h1-8,11-13H,9-10H2. The number of thiophene rings is 1. The van der Waals surface area contributed by atoms with E-state index in [-0.39, 0.29) is 19.0 Å². The molecular weight excluding hydrogens is 382 g/mol. The fraction of sp³-hybridized carbons (Fsp3) is 0.0909. The van der Waals surface area contributed by atoms with Crippen LogP contribution in [0.25, 0.3) is 42.9 Å². The zero-order valence-electron chi connectivity index (χ0n) is 15.3. The van der Waals surface area contributed by atoms with Crippen LogP contribution in [-0.2, 0) is 0 Å². The van der Waals surface area contributed by atoms with E-state index in [1.165, 1.54) is 0 Å². The first kappa shape index (κ1) is 18.5. The molecule has 29 heavy (non-hydrogen) atoms. The van der Waals surface area contributed by atoms with Gasteiger partial charge in [-0.2, -0.15) is 5.26 Å². The third-order valence-electron chi connectivity index (χ3n) is 4.42. The van der Waals surface area contributed by atoms with Crippen LogP contribution >= 0.6 is 11.3 Å². The molecule has 4 aromatic rings. The van der Waals surface area contributed by atoms with Crippen LogP contribution in [-0.4, -0.2) is 18.1 Å². The number of fused-ring (bicyclic) bond motifs is 1. The summed E-state index contributed by atoms with van der Waals surface area (Å²) in [5.41, 5.74) is 11.3. The molecule has 6 nitrogen and oxygen atoms in total. The Labute approximate surface area is 171 Å². The minimum absolute atomic E-state index is 0.150. The summed E-state index contributed by atoms with van der Waals surface area (Å²) < 4.78 is 5.72. The molecule has 0 amide bonds. The van der Waals surface area contributed by atoms with E-state index < -0.39 is 0 Å². The van der Waals surface area contributed by atoms with Crippen molar-refractivity contribution in [3.63, 3.8) is 0 Å². The number of nitrogens with zero attached hydrogens (tertiary/aromatic N) is 5. The SMILES string of the molecule is N#Cc1c(-c2cccs2)cc(-c2ccc3ccccc3c2)nc1OCCN=[N+]=[N-]. The van der Waals surface area contributed by atoms with Crippen molar-refractivity contribution >= 4 is 22.1 Å². The molecule has 2 heterocycles. The Hall–Kier alpha value is -3.85. The number of hydrogen-bond donors (Lipinski definition) is 0. The predicted molar refractivity (Wildman–Crippen MR) is 115 cm³/mol. The molecule has 0 saturated carbocycles. The number of ether oxygens (including phenoxy) is 1. The summed E-state index contributed by atoms with van der Waals surface area (Å²) in [7, 11) is 0. The Morgan fingerprint density at radius 3 is 2.72 bits per heavy atom. The van der Waals surface area contributed by atoms with Crippen LogP contribution in [0.4, 0.5) is 0 Å². The highest BCUT2D eigenvalue weighted by molar-refractivity contribution is 7.13. The molecule has 7 heteroatoms. The molecule has 140 valence electrons. The normalized spacial score (nSPS) is 10.3. The number of hydrogen-bond acceptors (Lipinski definition) is 5. The Morgan fingerprint density at radius 1 is 1.10 bits per heavy atom. The lowest BCUT2D eigenvalue weighted by atomic mass is 10.0. The molecule has 0 atom stereocenters. The molecule has 0 aliphatic rings. The largest absolute Gasteiger partial charge is 0.477 e. The average molecular weight is 397 g/mol. The minimum atomic E-state index is 0.150. The highest BCUT2D eigenvalue weighted by Crippen LogP contribution is 2.36. The lowest BCUT2D eigenvalue weighted by Gasteiger charge is -2.12. The van der Waals surface area contributed by atoms with Gasteiger partial charge in [-0.3, -0.25) is 0 Å². The van der Waals surface area contributed by atoms with Gasteiger partial charge in [0.1, 0.15) is 11.6 Å². The summed E-state index contributed by atoms with van der Waals surface area (Å²) in [6, 6.07) is 22.3. The third-order valence-corrected chi connectivity index (χ3v) is 5.33. The quantitative estimate of drug-likeness (QED) is 0.168. The lowest BCUT2D eigenvalue weighted by Crippen LogP contribution is -2.05. The van der Waals surface area contributed by atoms with E-state index in [9.17, 15) is 5.26 Å². The molecule has 0 fully saturated rings. The first-order valence-corrected chi connectivity index (χ1v) is 9.80. The Balaban J connectivity index is 1.85. The second kappa shape index (κ2) is 8.44. The topological polar surface area (TPSA) is 94.7 Å². The van der Waals surface area contributed by atoms with E-state index in [2.05, 4.69) is 45.3 Å². The molecule has 0 saturated heterocycles. The van der Waals surface area contributed by atoms with Gasteiger partial charge < -0.3 is 4.74 Å². The maximum Gasteiger partial charge on any atom is 0.232 e. The fourth-order valence-electron chi connectivity index (χ4n) is 3.08. The van der Waals surface area contributed by atoms with Crippen molar-refractivity contribution in [3.05, 3.63) is 82.1 Å². The van der Waals surface area contributed by atoms with Gasteiger partial charge in [-0.15, -0.1) is 11.3 Å². The Morgan fingerprint density at radius 2 is 1.97 bits per heavy atom. The van der Waals surface area contributed by atoms with Gasteiger partial charge in [-0.25, -0.2) is 4.98 Å². The maximum absolute atomic E-state index is 9.76. The first-order chi connectivity index (χ1) is 14.3.